The lowest BCUT2D eigenvalue weighted by Crippen LogP contribution is -2.31. The van der Waals surface area contributed by atoms with E-state index in [1.54, 1.807) is 6.07 Å². The van der Waals surface area contributed by atoms with Crippen molar-refractivity contribution in [1.29, 1.82) is 0 Å². The third-order valence-corrected chi connectivity index (χ3v) is 2.86. The summed E-state index contributed by atoms with van der Waals surface area (Å²) in [7, 11) is 0. The molecule has 8 heteroatoms. The molecule has 0 spiro atoms. The van der Waals surface area contributed by atoms with Crippen LogP contribution in [0.2, 0.25) is 0 Å². The number of amides is 1. The van der Waals surface area contributed by atoms with Crippen molar-refractivity contribution in [2.24, 2.45) is 5.84 Å². The third kappa shape index (κ3) is 3.94. The van der Waals surface area contributed by atoms with Gasteiger partial charge in [-0.05, 0) is 6.26 Å². The number of nitrogens with two attached hydrogens (primary N) is 2. The van der Waals surface area contributed by atoms with Gasteiger partial charge in [-0.1, -0.05) is 23.5 Å². The summed E-state index contributed by atoms with van der Waals surface area (Å²) in [6.07, 6.45) is 1.86. The van der Waals surface area contributed by atoms with Crippen LogP contribution in [0, 0.1) is 0 Å². The molecule has 1 amide bonds. The van der Waals surface area contributed by atoms with Gasteiger partial charge >= 0.3 is 0 Å². The van der Waals surface area contributed by atoms with Gasteiger partial charge in [-0.25, -0.2) is 15.8 Å². The average molecular weight is 245 g/mol. The smallest absolute Gasteiger partial charge is 0.244 e. The van der Waals surface area contributed by atoms with Crippen molar-refractivity contribution in [3.63, 3.8) is 0 Å². The van der Waals surface area contributed by atoms with Gasteiger partial charge < -0.3 is 5.73 Å². The fraction of sp³-hybridized carbons (Fsp3) is 0.286. The lowest BCUT2D eigenvalue weighted by atomic mass is 10.6. The Morgan fingerprint density at radius 2 is 2.33 bits per heavy atom. The number of carbonyl (C=O) groups excluding carboxylic acids is 1. The number of nitrogen functional groups attached to an aromatic ring is 1. The van der Waals surface area contributed by atoms with Crippen LogP contribution in [0.15, 0.2) is 16.2 Å². The number of hydrogen-bond acceptors (Lipinski definition) is 7. The molecule has 82 valence electrons. The highest BCUT2D eigenvalue weighted by atomic mass is 32.2. The number of nitrogens with one attached hydrogen (secondary N) is 1. The highest BCUT2D eigenvalue weighted by Gasteiger charge is 2.05. The fourth-order valence-corrected chi connectivity index (χ4v) is 1.93. The number of thioether (sulfide) groups is 2. The molecule has 0 aliphatic rings. The summed E-state index contributed by atoms with van der Waals surface area (Å²) in [5.74, 6) is 5.29. The first-order chi connectivity index (χ1) is 7.15. The van der Waals surface area contributed by atoms with Gasteiger partial charge in [-0.2, -0.15) is 0 Å². The van der Waals surface area contributed by atoms with Crippen molar-refractivity contribution in [1.82, 2.24) is 15.4 Å². The second kappa shape index (κ2) is 5.79. The van der Waals surface area contributed by atoms with Crippen molar-refractivity contribution < 1.29 is 4.79 Å². The quantitative estimate of drug-likeness (QED) is 0.169. The van der Waals surface area contributed by atoms with Gasteiger partial charge in [0.1, 0.15) is 10.8 Å². The van der Waals surface area contributed by atoms with Crippen molar-refractivity contribution in [2.75, 3.05) is 17.7 Å². The molecule has 0 unspecified atom stereocenters. The van der Waals surface area contributed by atoms with E-state index in [0.29, 0.717) is 16.0 Å². The molecule has 1 aromatic heterocycles. The second-order valence-electron chi connectivity index (χ2n) is 2.47. The number of hydrogen-bond donors (Lipinski definition) is 3. The maximum atomic E-state index is 10.9. The van der Waals surface area contributed by atoms with Crippen LogP contribution in [-0.2, 0) is 4.79 Å². The third-order valence-electron chi connectivity index (χ3n) is 1.40. The molecule has 0 atom stereocenters. The number of anilines is 1. The zero-order valence-corrected chi connectivity index (χ0v) is 9.69. The Labute approximate surface area is 95.6 Å². The topological polar surface area (TPSA) is 107 Å². The molecule has 0 aromatic carbocycles. The number of carbonyl (C=O) groups is 1. The molecule has 0 saturated carbocycles. The van der Waals surface area contributed by atoms with Crippen LogP contribution in [-0.4, -0.2) is 27.9 Å². The number of hydrazine groups is 1. The van der Waals surface area contributed by atoms with Crippen LogP contribution in [0.1, 0.15) is 0 Å². The minimum atomic E-state index is -0.261. The van der Waals surface area contributed by atoms with E-state index in [4.69, 9.17) is 11.6 Å². The normalized spacial score (nSPS) is 10.0. The molecule has 15 heavy (non-hydrogen) atoms. The first kappa shape index (κ1) is 12.1. The van der Waals surface area contributed by atoms with Crippen LogP contribution in [0.3, 0.4) is 0 Å². The van der Waals surface area contributed by atoms with E-state index in [1.165, 1.54) is 23.5 Å². The maximum Gasteiger partial charge on any atom is 0.244 e. The van der Waals surface area contributed by atoms with Crippen molar-refractivity contribution in [3.05, 3.63) is 6.07 Å². The van der Waals surface area contributed by atoms with Gasteiger partial charge in [0.2, 0.25) is 5.91 Å². The molecule has 5 N–H and O–H groups in total. The summed E-state index contributed by atoms with van der Waals surface area (Å²) in [6.45, 7) is 0. The molecule has 0 aliphatic heterocycles. The minimum absolute atomic E-state index is 0.209. The fourth-order valence-electron chi connectivity index (χ4n) is 0.767. The van der Waals surface area contributed by atoms with Crippen LogP contribution in [0.5, 0.6) is 0 Å². The van der Waals surface area contributed by atoms with Crippen molar-refractivity contribution in [2.45, 2.75) is 10.2 Å². The Bertz CT molecular complexity index is 359. The molecule has 0 aliphatic carbocycles. The van der Waals surface area contributed by atoms with Crippen LogP contribution >= 0.6 is 23.5 Å². The van der Waals surface area contributed by atoms with Gasteiger partial charge in [0, 0.05) is 6.07 Å². The van der Waals surface area contributed by atoms with E-state index in [-0.39, 0.29) is 11.7 Å². The number of rotatable bonds is 4. The highest BCUT2D eigenvalue weighted by molar-refractivity contribution is 8.00. The maximum absolute atomic E-state index is 10.9. The van der Waals surface area contributed by atoms with Gasteiger partial charge in [0.15, 0.2) is 5.16 Å². The molecule has 6 nitrogen and oxygen atoms in total. The van der Waals surface area contributed by atoms with E-state index in [9.17, 15) is 4.79 Å². The summed E-state index contributed by atoms with van der Waals surface area (Å²) in [5, 5.41) is 1.25. The van der Waals surface area contributed by atoms with E-state index < -0.39 is 0 Å². The van der Waals surface area contributed by atoms with E-state index >= 15 is 0 Å². The predicted octanol–water partition coefficient (Wildman–Crippen LogP) is -0.137. The Kier molecular flexibility index (Phi) is 4.66. The van der Waals surface area contributed by atoms with Gasteiger partial charge in [-0.3, -0.25) is 10.2 Å². The molecule has 0 bridgehead atoms. The summed E-state index contributed by atoms with van der Waals surface area (Å²) < 4.78 is 0. The lowest BCUT2D eigenvalue weighted by Gasteiger charge is -2.03. The number of nitrogens with zero attached hydrogens (tertiary/aromatic N) is 2. The second-order valence-corrected chi connectivity index (χ2v) is 4.24. The summed E-state index contributed by atoms with van der Waals surface area (Å²) in [6, 6.07) is 1.62. The zero-order valence-electron chi connectivity index (χ0n) is 8.06. The van der Waals surface area contributed by atoms with Gasteiger partial charge in [-0.15, -0.1) is 0 Å². The molecule has 0 saturated heterocycles. The van der Waals surface area contributed by atoms with E-state index in [2.05, 4.69) is 9.97 Å². The Morgan fingerprint density at radius 1 is 1.60 bits per heavy atom. The van der Waals surface area contributed by atoms with E-state index in [1.807, 2.05) is 11.7 Å². The zero-order chi connectivity index (χ0) is 11.3. The number of aromatic nitrogens is 2. The summed E-state index contributed by atoms with van der Waals surface area (Å²) >= 11 is 2.66. The Balaban J connectivity index is 2.68. The molecule has 1 rings (SSSR count). The SMILES string of the molecule is CSc1nc(N)cc(SCC(=O)NN)n1. The predicted molar refractivity (Wildman–Crippen MR) is 61.3 cm³/mol. The minimum Gasteiger partial charge on any atom is -0.384 e. The summed E-state index contributed by atoms with van der Waals surface area (Å²) in [4.78, 5) is 19.1. The van der Waals surface area contributed by atoms with Crippen LogP contribution < -0.4 is 17.0 Å². The molecule has 0 radical (unpaired) electrons. The molecular weight excluding hydrogens is 234 g/mol. The van der Waals surface area contributed by atoms with Crippen molar-refractivity contribution in [3.8, 4) is 0 Å². The summed E-state index contributed by atoms with van der Waals surface area (Å²) in [5.41, 5.74) is 7.61. The van der Waals surface area contributed by atoms with E-state index in [0.717, 1.165) is 0 Å². The Hall–Kier alpha value is -0.990. The van der Waals surface area contributed by atoms with Crippen LogP contribution in [0.4, 0.5) is 5.82 Å². The molecule has 1 heterocycles. The van der Waals surface area contributed by atoms with Gasteiger partial charge in [0.05, 0.1) is 5.75 Å². The molecule has 1 aromatic rings. The average Bonchev–Trinajstić information content (AvgIpc) is 2.25. The van der Waals surface area contributed by atoms with Crippen LogP contribution in [0.25, 0.3) is 0 Å². The van der Waals surface area contributed by atoms with Gasteiger partial charge in [0.25, 0.3) is 0 Å². The molecule has 0 fully saturated rings. The van der Waals surface area contributed by atoms with Crippen molar-refractivity contribution >= 4 is 35.2 Å². The molecular formula is C7H11N5OS2. The monoisotopic (exact) mass is 245 g/mol. The highest BCUT2D eigenvalue weighted by Crippen LogP contribution is 2.20. The first-order valence-corrected chi connectivity index (χ1v) is 6.17. The lowest BCUT2D eigenvalue weighted by molar-refractivity contribution is -0.118. The first-order valence-electron chi connectivity index (χ1n) is 3.96. The standard InChI is InChI=1S/C7H11N5OS2/c1-14-7-10-4(8)2-6(11-7)15-3-5(13)12-9/h2H,3,9H2,1H3,(H,12,13)(H2,8,10,11). The Morgan fingerprint density at radius 3 is 2.93 bits per heavy atom. The largest absolute Gasteiger partial charge is 0.384 e.